The first-order valence-electron chi connectivity index (χ1n) is 21.7. The second-order valence-corrected chi connectivity index (χ2v) is 15.8. The molecule has 2 aliphatic rings. The zero-order chi connectivity index (χ0) is 35.1. The maximum Gasteiger partial charge on any atom is 0.169 e. The Morgan fingerprint density at radius 3 is 1.35 bits per heavy atom. The SMILES string of the molecule is CCCCCC=CCC=CCCCCCCCCC1(CCCCCCCCC=CCC=CCCCCC)O[C@H]2CC[C@@H](CN(C)C)C[C@H]2O1. The van der Waals surface area contributed by atoms with Crippen LogP contribution in [0.1, 0.15) is 200 Å². The van der Waals surface area contributed by atoms with Crippen molar-refractivity contribution in [3.05, 3.63) is 48.6 Å². The van der Waals surface area contributed by atoms with Gasteiger partial charge in [0.25, 0.3) is 0 Å². The average Bonchev–Trinajstić information content (AvgIpc) is 3.45. The minimum absolute atomic E-state index is 0.313. The van der Waals surface area contributed by atoms with Crippen LogP contribution >= 0.6 is 0 Å². The lowest BCUT2D eigenvalue weighted by Crippen LogP contribution is -2.35. The molecule has 0 N–H and O–H groups in total. The highest BCUT2D eigenvalue weighted by Crippen LogP contribution is 2.44. The zero-order valence-electron chi connectivity index (χ0n) is 33.3. The fourth-order valence-corrected chi connectivity index (χ4v) is 7.83. The molecule has 3 atom stereocenters. The lowest BCUT2D eigenvalue weighted by atomic mass is 9.85. The molecule has 284 valence electrons. The molecule has 2 fully saturated rings. The van der Waals surface area contributed by atoms with Crippen molar-refractivity contribution in [2.75, 3.05) is 20.6 Å². The second kappa shape index (κ2) is 30.5. The van der Waals surface area contributed by atoms with Gasteiger partial charge in [-0.2, -0.15) is 0 Å². The molecular weight excluding hydrogens is 599 g/mol. The second-order valence-electron chi connectivity index (χ2n) is 15.8. The molecular formula is C46H83NO2. The summed E-state index contributed by atoms with van der Waals surface area (Å²) in [5.41, 5.74) is 0. The highest BCUT2D eigenvalue weighted by molar-refractivity contribution is 4.94. The molecule has 1 saturated heterocycles. The topological polar surface area (TPSA) is 21.7 Å². The Bertz CT molecular complexity index is 809. The largest absolute Gasteiger partial charge is 0.344 e. The first-order chi connectivity index (χ1) is 24.1. The van der Waals surface area contributed by atoms with E-state index in [9.17, 15) is 0 Å². The van der Waals surface area contributed by atoms with E-state index in [4.69, 9.17) is 9.47 Å². The molecule has 1 heterocycles. The highest BCUT2D eigenvalue weighted by Gasteiger charge is 2.48. The van der Waals surface area contributed by atoms with Crippen molar-refractivity contribution < 1.29 is 9.47 Å². The molecule has 1 aliphatic carbocycles. The van der Waals surface area contributed by atoms with E-state index in [-0.39, 0.29) is 5.79 Å². The van der Waals surface area contributed by atoms with Crippen molar-refractivity contribution in [1.82, 2.24) is 4.90 Å². The van der Waals surface area contributed by atoms with Crippen LogP contribution in [0.3, 0.4) is 0 Å². The summed E-state index contributed by atoms with van der Waals surface area (Å²) < 4.78 is 13.8. The summed E-state index contributed by atoms with van der Waals surface area (Å²) >= 11 is 0. The van der Waals surface area contributed by atoms with Crippen LogP contribution in [0.2, 0.25) is 0 Å². The number of fused-ring (bicyclic) bond motifs is 1. The Hall–Kier alpha value is -1.16. The van der Waals surface area contributed by atoms with Crippen LogP contribution in [-0.4, -0.2) is 43.5 Å². The zero-order valence-corrected chi connectivity index (χ0v) is 33.3. The minimum Gasteiger partial charge on any atom is -0.344 e. The lowest BCUT2D eigenvalue weighted by Gasteiger charge is -2.31. The molecule has 0 unspecified atom stereocenters. The van der Waals surface area contributed by atoms with Crippen molar-refractivity contribution in [2.24, 2.45) is 5.92 Å². The summed E-state index contributed by atoms with van der Waals surface area (Å²) in [7, 11) is 4.42. The van der Waals surface area contributed by atoms with Crippen molar-refractivity contribution in [1.29, 1.82) is 0 Å². The molecule has 3 heteroatoms. The summed E-state index contributed by atoms with van der Waals surface area (Å²) in [6, 6.07) is 0. The molecule has 0 bridgehead atoms. The molecule has 0 amide bonds. The molecule has 1 aliphatic heterocycles. The Morgan fingerprint density at radius 2 is 0.898 bits per heavy atom. The molecule has 49 heavy (non-hydrogen) atoms. The van der Waals surface area contributed by atoms with E-state index in [1.807, 2.05) is 0 Å². The summed E-state index contributed by atoms with van der Waals surface area (Å²) in [4.78, 5) is 2.35. The monoisotopic (exact) mass is 682 g/mol. The Kier molecular flexibility index (Phi) is 27.4. The van der Waals surface area contributed by atoms with E-state index < -0.39 is 0 Å². The van der Waals surface area contributed by atoms with Gasteiger partial charge in [0.15, 0.2) is 5.79 Å². The van der Waals surface area contributed by atoms with E-state index in [0.717, 1.165) is 31.6 Å². The van der Waals surface area contributed by atoms with E-state index in [1.54, 1.807) is 0 Å². The first kappa shape index (κ1) is 44.0. The van der Waals surface area contributed by atoms with Crippen molar-refractivity contribution in [3.8, 4) is 0 Å². The average molecular weight is 682 g/mol. The van der Waals surface area contributed by atoms with Gasteiger partial charge in [0.05, 0.1) is 12.2 Å². The van der Waals surface area contributed by atoms with Gasteiger partial charge in [0.2, 0.25) is 0 Å². The van der Waals surface area contributed by atoms with Gasteiger partial charge in [-0.1, -0.05) is 140 Å². The molecule has 0 aromatic carbocycles. The van der Waals surface area contributed by atoms with Crippen molar-refractivity contribution in [3.63, 3.8) is 0 Å². The highest BCUT2D eigenvalue weighted by atomic mass is 16.8. The van der Waals surface area contributed by atoms with Gasteiger partial charge in [-0.3, -0.25) is 0 Å². The van der Waals surface area contributed by atoms with Crippen LogP contribution in [0.15, 0.2) is 48.6 Å². The maximum absolute atomic E-state index is 6.95. The fourth-order valence-electron chi connectivity index (χ4n) is 7.83. The third kappa shape index (κ3) is 23.1. The number of hydrogen-bond donors (Lipinski definition) is 0. The van der Waals surface area contributed by atoms with Crippen molar-refractivity contribution in [2.45, 2.75) is 218 Å². The fraction of sp³-hybridized carbons (Fsp3) is 0.826. The number of allylic oxidation sites excluding steroid dienone is 8. The Morgan fingerprint density at radius 1 is 0.490 bits per heavy atom. The molecule has 0 radical (unpaired) electrons. The Labute approximate surface area is 306 Å². The van der Waals surface area contributed by atoms with E-state index in [2.05, 4.69) is 81.5 Å². The maximum atomic E-state index is 6.95. The van der Waals surface area contributed by atoms with Gasteiger partial charge < -0.3 is 14.4 Å². The molecule has 0 spiro atoms. The molecule has 0 aromatic heterocycles. The quantitative estimate of drug-likeness (QED) is 0.0521. The van der Waals surface area contributed by atoms with Gasteiger partial charge >= 0.3 is 0 Å². The molecule has 3 nitrogen and oxygen atoms in total. The van der Waals surface area contributed by atoms with Crippen LogP contribution in [0, 0.1) is 5.92 Å². The minimum atomic E-state index is -0.313. The normalized spacial score (nSPS) is 23.0. The number of unbranched alkanes of at least 4 members (excludes halogenated alkanes) is 18. The van der Waals surface area contributed by atoms with Gasteiger partial charge in [-0.15, -0.1) is 0 Å². The smallest absolute Gasteiger partial charge is 0.169 e. The number of nitrogens with zero attached hydrogens (tertiary/aromatic N) is 1. The third-order valence-corrected chi connectivity index (χ3v) is 10.7. The van der Waals surface area contributed by atoms with Crippen LogP contribution in [-0.2, 0) is 9.47 Å². The molecule has 2 rings (SSSR count). The van der Waals surface area contributed by atoms with Crippen LogP contribution in [0.4, 0.5) is 0 Å². The third-order valence-electron chi connectivity index (χ3n) is 10.7. The van der Waals surface area contributed by atoms with Crippen molar-refractivity contribution >= 4 is 0 Å². The summed E-state index contributed by atoms with van der Waals surface area (Å²) in [6.07, 6.45) is 56.5. The van der Waals surface area contributed by atoms with E-state index >= 15 is 0 Å². The van der Waals surface area contributed by atoms with Gasteiger partial charge in [-0.25, -0.2) is 0 Å². The van der Waals surface area contributed by atoms with Gasteiger partial charge in [0, 0.05) is 19.4 Å². The lowest BCUT2D eigenvalue weighted by molar-refractivity contribution is -0.186. The van der Waals surface area contributed by atoms with Gasteiger partial charge in [-0.05, 0) is 116 Å². The predicted octanol–water partition coefficient (Wildman–Crippen LogP) is 14.2. The summed E-state index contributed by atoms with van der Waals surface area (Å²) in [5.74, 6) is 0.437. The number of ether oxygens (including phenoxy) is 2. The first-order valence-corrected chi connectivity index (χ1v) is 21.7. The summed E-state index contributed by atoms with van der Waals surface area (Å²) in [5, 5.41) is 0. The van der Waals surface area contributed by atoms with E-state index in [0.29, 0.717) is 12.2 Å². The number of rotatable bonds is 32. The van der Waals surface area contributed by atoms with Crippen LogP contribution < -0.4 is 0 Å². The number of hydrogen-bond acceptors (Lipinski definition) is 3. The van der Waals surface area contributed by atoms with Crippen LogP contribution in [0.5, 0.6) is 0 Å². The van der Waals surface area contributed by atoms with Crippen LogP contribution in [0.25, 0.3) is 0 Å². The summed E-state index contributed by atoms with van der Waals surface area (Å²) in [6.45, 7) is 5.72. The molecule has 1 saturated carbocycles. The molecule has 0 aromatic rings. The van der Waals surface area contributed by atoms with E-state index in [1.165, 1.54) is 167 Å². The standard InChI is InChI=1S/C46H83NO2/c1-5-7-9-11-13-15-17-19-21-23-25-27-29-31-33-35-39-46(48-44-38-37-43(42-47(3)4)41-45(44)49-46)40-36-34-32-30-28-26-24-22-20-18-16-14-12-10-8-6-2/h13-16,19-22,43-45H,5-12,17-18,23-42H2,1-4H3/t43-,44+,45-,46?/m1/s1. The predicted molar refractivity (Wildman–Crippen MR) is 216 cm³/mol. The van der Waals surface area contributed by atoms with Gasteiger partial charge in [0.1, 0.15) is 0 Å². The Balaban J connectivity index is 1.61.